The highest BCUT2D eigenvalue weighted by molar-refractivity contribution is 9.09. The fourth-order valence-electron chi connectivity index (χ4n) is 1.37. The average Bonchev–Trinajstić information content (AvgIpc) is 2.07. The molecule has 1 atom stereocenters. The monoisotopic (exact) mass is 275 g/mol. The fourth-order valence-corrected chi connectivity index (χ4v) is 2.63. The Kier molecular flexibility index (Phi) is 4.90. The van der Waals surface area contributed by atoms with Gasteiger partial charge in [-0.05, 0) is 24.5 Å². The normalized spacial score (nSPS) is 13.2. The van der Waals surface area contributed by atoms with Crippen LogP contribution in [0.3, 0.4) is 0 Å². The molecule has 1 rings (SSSR count). The van der Waals surface area contributed by atoms with Crippen molar-refractivity contribution in [1.82, 2.24) is 4.98 Å². The third-order valence-electron chi connectivity index (χ3n) is 1.98. The number of halogens is 2. The molecule has 0 aliphatic rings. The van der Waals surface area contributed by atoms with Crippen LogP contribution in [0.4, 0.5) is 0 Å². The van der Waals surface area contributed by atoms with Crippen molar-refractivity contribution in [3.05, 3.63) is 29.0 Å². The van der Waals surface area contributed by atoms with Gasteiger partial charge < -0.3 is 0 Å². The number of hydrogen-bond acceptors (Lipinski definition) is 1. The van der Waals surface area contributed by atoms with Crippen molar-refractivity contribution in [3.63, 3.8) is 0 Å². The van der Waals surface area contributed by atoms with Crippen LogP contribution in [0.2, 0.25) is 5.02 Å². The Hall–Kier alpha value is -0.0800. The van der Waals surface area contributed by atoms with Crippen molar-refractivity contribution < 1.29 is 0 Å². The lowest BCUT2D eigenvalue weighted by Gasteiger charge is -2.12. The highest BCUT2D eigenvalue weighted by Crippen LogP contribution is 2.21. The van der Waals surface area contributed by atoms with Crippen molar-refractivity contribution in [3.8, 4) is 0 Å². The van der Waals surface area contributed by atoms with E-state index in [2.05, 4.69) is 34.8 Å². The molecule has 0 amide bonds. The molecule has 0 fully saturated rings. The predicted octanol–water partition coefficient (Wildman–Crippen LogP) is 4.09. The highest BCUT2D eigenvalue weighted by Gasteiger charge is 2.10. The number of alkyl halides is 1. The zero-order valence-corrected chi connectivity index (χ0v) is 10.8. The number of nitrogens with zero attached hydrogens (tertiary/aromatic N) is 1. The van der Waals surface area contributed by atoms with Gasteiger partial charge in [0.1, 0.15) is 0 Å². The van der Waals surface area contributed by atoms with Gasteiger partial charge in [-0.1, -0.05) is 41.4 Å². The minimum Gasteiger partial charge on any atom is -0.260 e. The lowest BCUT2D eigenvalue weighted by Crippen LogP contribution is -2.08. The summed E-state index contributed by atoms with van der Waals surface area (Å²) < 4.78 is 0. The van der Waals surface area contributed by atoms with Gasteiger partial charge in [-0.2, -0.15) is 0 Å². The highest BCUT2D eigenvalue weighted by atomic mass is 79.9. The van der Waals surface area contributed by atoms with E-state index < -0.39 is 0 Å². The molecular formula is C11H15BrClN. The topological polar surface area (TPSA) is 12.9 Å². The maximum absolute atomic E-state index is 6.02. The van der Waals surface area contributed by atoms with Crippen LogP contribution in [-0.4, -0.2) is 9.81 Å². The Balaban J connectivity index is 2.56. The first-order valence-corrected chi connectivity index (χ1v) is 6.12. The van der Waals surface area contributed by atoms with Gasteiger partial charge in [0.25, 0.3) is 0 Å². The molecule has 0 saturated heterocycles. The van der Waals surface area contributed by atoms with E-state index in [0.29, 0.717) is 10.7 Å². The molecule has 0 aliphatic heterocycles. The molecule has 0 radical (unpaired) electrons. The maximum Gasteiger partial charge on any atom is 0.0621 e. The first-order chi connectivity index (χ1) is 6.59. The van der Waals surface area contributed by atoms with Crippen molar-refractivity contribution in [2.75, 3.05) is 0 Å². The van der Waals surface area contributed by atoms with Crippen molar-refractivity contribution in [2.24, 2.45) is 5.92 Å². The lowest BCUT2D eigenvalue weighted by molar-refractivity contribution is 0.568. The van der Waals surface area contributed by atoms with E-state index in [1.54, 1.807) is 6.20 Å². The Labute approximate surface area is 99.0 Å². The first kappa shape index (κ1) is 12.0. The van der Waals surface area contributed by atoms with Crippen LogP contribution in [0.1, 0.15) is 26.0 Å². The summed E-state index contributed by atoms with van der Waals surface area (Å²) in [4.78, 5) is 4.73. The van der Waals surface area contributed by atoms with Crippen LogP contribution in [-0.2, 0) is 6.42 Å². The molecule has 78 valence electrons. The Morgan fingerprint density at radius 2 is 2.21 bits per heavy atom. The molecule has 0 bridgehead atoms. The summed E-state index contributed by atoms with van der Waals surface area (Å²) in [6.45, 7) is 4.43. The zero-order valence-electron chi connectivity index (χ0n) is 8.50. The van der Waals surface area contributed by atoms with Crippen molar-refractivity contribution in [2.45, 2.75) is 31.5 Å². The van der Waals surface area contributed by atoms with E-state index in [9.17, 15) is 0 Å². The van der Waals surface area contributed by atoms with Gasteiger partial charge in [0.2, 0.25) is 0 Å². The van der Waals surface area contributed by atoms with Gasteiger partial charge in [-0.15, -0.1) is 0 Å². The first-order valence-electron chi connectivity index (χ1n) is 4.83. The molecule has 1 heterocycles. The average molecular weight is 277 g/mol. The fraction of sp³-hybridized carbons (Fsp3) is 0.545. The summed E-state index contributed by atoms with van der Waals surface area (Å²) in [5.41, 5.74) is 0.983. The molecular weight excluding hydrogens is 261 g/mol. The molecule has 1 nitrogen and oxygen atoms in total. The second-order valence-corrected chi connectivity index (χ2v) is 5.57. The standard InChI is InChI=1S/C11H15BrClN/c1-8(2)6-9(12)7-11-10(13)4-3-5-14-11/h3-5,8-9H,6-7H2,1-2H3. The van der Waals surface area contributed by atoms with Crippen LogP contribution < -0.4 is 0 Å². The number of aromatic nitrogens is 1. The van der Waals surface area contributed by atoms with Gasteiger partial charge in [-0.25, -0.2) is 0 Å². The smallest absolute Gasteiger partial charge is 0.0621 e. The molecule has 0 aromatic carbocycles. The Bertz CT molecular complexity index is 288. The molecule has 0 spiro atoms. The Morgan fingerprint density at radius 3 is 2.79 bits per heavy atom. The van der Waals surface area contributed by atoms with E-state index in [4.69, 9.17) is 11.6 Å². The third-order valence-corrected chi connectivity index (χ3v) is 3.02. The van der Waals surface area contributed by atoms with E-state index in [1.807, 2.05) is 12.1 Å². The van der Waals surface area contributed by atoms with E-state index in [-0.39, 0.29) is 0 Å². The molecule has 0 aliphatic carbocycles. The van der Waals surface area contributed by atoms with Gasteiger partial charge in [0.05, 0.1) is 10.7 Å². The lowest BCUT2D eigenvalue weighted by atomic mass is 10.1. The van der Waals surface area contributed by atoms with Crippen LogP contribution in [0.15, 0.2) is 18.3 Å². The minimum absolute atomic E-state index is 0.467. The summed E-state index contributed by atoms with van der Waals surface area (Å²) in [5.74, 6) is 0.696. The van der Waals surface area contributed by atoms with Crippen LogP contribution in [0, 0.1) is 5.92 Å². The molecule has 1 aromatic heterocycles. The zero-order chi connectivity index (χ0) is 10.6. The predicted molar refractivity (Wildman–Crippen MR) is 65.1 cm³/mol. The molecule has 0 saturated carbocycles. The second-order valence-electron chi connectivity index (χ2n) is 3.86. The summed E-state index contributed by atoms with van der Waals surface area (Å²) in [6, 6.07) is 3.75. The number of rotatable bonds is 4. The van der Waals surface area contributed by atoms with Gasteiger partial charge in [0, 0.05) is 17.4 Å². The molecule has 1 unspecified atom stereocenters. The molecule has 3 heteroatoms. The van der Waals surface area contributed by atoms with Crippen LogP contribution >= 0.6 is 27.5 Å². The third kappa shape index (κ3) is 3.97. The summed E-state index contributed by atoms with van der Waals surface area (Å²) in [5, 5.41) is 0.765. The van der Waals surface area contributed by atoms with E-state index in [1.165, 1.54) is 0 Å². The van der Waals surface area contributed by atoms with Gasteiger partial charge >= 0.3 is 0 Å². The SMILES string of the molecule is CC(C)CC(Br)Cc1ncccc1Cl. The van der Waals surface area contributed by atoms with Gasteiger partial charge in [-0.3, -0.25) is 4.98 Å². The van der Waals surface area contributed by atoms with E-state index >= 15 is 0 Å². The summed E-state index contributed by atoms with van der Waals surface area (Å²) in [7, 11) is 0. The Morgan fingerprint density at radius 1 is 1.50 bits per heavy atom. The number of hydrogen-bond donors (Lipinski definition) is 0. The quantitative estimate of drug-likeness (QED) is 0.755. The van der Waals surface area contributed by atoms with Crippen LogP contribution in [0.5, 0.6) is 0 Å². The minimum atomic E-state index is 0.467. The van der Waals surface area contributed by atoms with Crippen molar-refractivity contribution in [1.29, 1.82) is 0 Å². The van der Waals surface area contributed by atoms with E-state index in [0.717, 1.165) is 23.6 Å². The second kappa shape index (κ2) is 5.72. The molecule has 1 aromatic rings. The van der Waals surface area contributed by atoms with Gasteiger partial charge in [0.15, 0.2) is 0 Å². The summed E-state index contributed by atoms with van der Waals surface area (Å²) >= 11 is 9.67. The van der Waals surface area contributed by atoms with Crippen molar-refractivity contribution >= 4 is 27.5 Å². The molecule has 14 heavy (non-hydrogen) atoms. The number of pyridine rings is 1. The summed E-state index contributed by atoms with van der Waals surface area (Å²) in [6.07, 6.45) is 3.83. The largest absolute Gasteiger partial charge is 0.260 e. The van der Waals surface area contributed by atoms with Crippen LogP contribution in [0.25, 0.3) is 0 Å². The maximum atomic E-state index is 6.02. The molecule has 0 N–H and O–H groups in total.